The number of hydrogen-bond donors (Lipinski definition) is 0. The van der Waals surface area contributed by atoms with Crippen LogP contribution in [0.4, 0.5) is 0 Å². The van der Waals surface area contributed by atoms with Crippen LogP contribution in [0.25, 0.3) is 0 Å². The van der Waals surface area contributed by atoms with E-state index >= 15 is 0 Å². The predicted octanol–water partition coefficient (Wildman–Crippen LogP) is -0.120. The van der Waals surface area contributed by atoms with Crippen molar-refractivity contribution in [2.75, 3.05) is 20.8 Å². The van der Waals surface area contributed by atoms with Crippen molar-refractivity contribution in [1.82, 2.24) is 0 Å². The van der Waals surface area contributed by atoms with Gasteiger partial charge < -0.3 is 14.2 Å². The summed E-state index contributed by atoms with van der Waals surface area (Å²) in [4.78, 5) is 0. The Morgan fingerprint density at radius 2 is 2.21 bits per heavy atom. The fourth-order valence-electron chi connectivity index (χ4n) is 2.66. The van der Waals surface area contributed by atoms with E-state index in [1.165, 1.54) is 0 Å². The largest absolute Gasteiger partial charge is 0.382 e. The Bertz CT molecular complexity index is 228. The van der Waals surface area contributed by atoms with Gasteiger partial charge in [-0.25, -0.2) is 0 Å². The Morgan fingerprint density at radius 3 is 2.79 bits per heavy atom. The van der Waals surface area contributed by atoms with Crippen LogP contribution in [0.1, 0.15) is 6.92 Å². The van der Waals surface area contributed by atoms with Gasteiger partial charge in [0.25, 0.3) is 0 Å². The molecule has 0 radical (unpaired) electrons. The molecule has 2 fully saturated rings. The number of ether oxygens (including phenoxy) is 3. The fourth-order valence-corrected chi connectivity index (χ4v) is 4.38. The zero-order valence-corrected chi connectivity index (χ0v) is 9.97. The molecule has 2 heterocycles. The molecule has 0 amide bonds. The highest BCUT2D eigenvalue weighted by molar-refractivity contribution is 8.01. The van der Waals surface area contributed by atoms with Crippen molar-refractivity contribution in [3.8, 4) is 0 Å². The van der Waals surface area contributed by atoms with Gasteiger partial charge in [-0.2, -0.15) is 0 Å². The molecule has 3 nitrogen and oxygen atoms in total. The first-order valence-corrected chi connectivity index (χ1v) is 5.95. The number of hydrogen-bond acceptors (Lipinski definition) is 4. The first kappa shape index (κ1) is 10.8. The summed E-state index contributed by atoms with van der Waals surface area (Å²) in [6, 6.07) is 0.274. The van der Waals surface area contributed by atoms with E-state index in [0.717, 1.165) is 0 Å². The third kappa shape index (κ3) is 1.26. The van der Waals surface area contributed by atoms with E-state index in [9.17, 15) is 0 Å². The van der Waals surface area contributed by atoms with Crippen molar-refractivity contribution in [2.45, 2.75) is 35.1 Å². The Balaban J connectivity index is 2.25. The Hall–Kier alpha value is 0.295. The van der Waals surface area contributed by atoms with Gasteiger partial charge in [0, 0.05) is 25.5 Å². The smallest absolute Gasteiger partial charge is 0.140 e. The zero-order chi connectivity index (χ0) is 10.3. The lowest BCUT2D eigenvalue weighted by Gasteiger charge is -2.35. The second-order valence-corrected chi connectivity index (χ2v) is 5.63. The Kier molecular flexibility index (Phi) is 2.86. The summed E-state index contributed by atoms with van der Waals surface area (Å²) < 4.78 is 16.9. The molecule has 0 N–H and O–H groups in total. The zero-order valence-electron chi connectivity index (χ0n) is 9.15. The highest BCUT2D eigenvalue weighted by Crippen LogP contribution is 2.52. The second kappa shape index (κ2) is 3.70. The highest BCUT2D eigenvalue weighted by Gasteiger charge is 2.63. The molecule has 14 heavy (non-hydrogen) atoms. The van der Waals surface area contributed by atoms with Gasteiger partial charge in [0.2, 0.25) is 0 Å². The molecule has 0 aliphatic carbocycles. The normalized spacial score (nSPS) is 51.4. The lowest BCUT2D eigenvalue weighted by Crippen LogP contribution is -2.49. The quantitative estimate of drug-likeness (QED) is 0.615. The second-order valence-electron chi connectivity index (χ2n) is 4.11. The number of methoxy groups -OCH3 is 2. The van der Waals surface area contributed by atoms with Crippen molar-refractivity contribution < 1.29 is 14.2 Å². The summed E-state index contributed by atoms with van der Waals surface area (Å²) in [5, 5.41) is 0.916. The number of fused-ring (bicyclic) bond motifs is 2. The van der Waals surface area contributed by atoms with E-state index in [0.29, 0.717) is 17.1 Å². The molecular formula is C9H17BO3S. The summed E-state index contributed by atoms with van der Waals surface area (Å²) in [7, 11) is 5.60. The van der Waals surface area contributed by atoms with Gasteiger partial charge in [-0.05, 0) is 0 Å². The van der Waals surface area contributed by atoms with E-state index in [1.807, 2.05) is 11.8 Å². The van der Waals surface area contributed by atoms with Crippen LogP contribution in [0.3, 0.4) is 0 Å². The maximum absolute atomic E-state index is 6.03. The molecule has 0 aromatic heterocycles. The monoisotopic (exact) mass is 216 g/mol. The van der Waals surface area contributed by atoms with E-state index in [-0.39, 0.29) is 17.7 Å². The lowest BCUT2D eigenvalue weighted by atomic mass is 9.90. The summed E-state index contributed by atoms with van der Waals surface area (Å²) in [5.41, 5.74) is -0.224. The minimum Gasteiger partial charge on any atom is -0.382 e. The predicted molar refractivity (Wildman–Crippen MR) is 59.7 cm³/mol. The summed E-state index contributed by atoms with van der Waals surface area (Å²) in [5.74, 6) is 0. The van der Waals surface area contributed by atoms with E-state index in [4.69, 9.17) is 14.2 Å². The third-order valence-corrected chi connectivity index (χ3v) is 5.07. The van der Waals surface area contributed by atoms with Crippen molar-refractivity contribution in [3.63, 3.8) is 0 Å². The average Bonchev–Trinajstić information content (AvgIpc) is 2.54. The molecule has 80 valence electrons. The fraction of sp³-hybridized carbons (Fsp3) is 1.00. The van der Waals surface area contributed by atoms with Crippen LogP contribution in [0.5, 0.6) is 0 Å². The van der Waals surface area contributed by atoms with Crippen LogP contribution in [0.15, 0.2) is 0 Å². The molecule has 5 heteroatoms. The molecule has 2 rings (SSSR count). The van der Waals surface area contributed by atoms with Crippen LogP contribution in [0.2, 0.25) is 0 Å². The van der Waals surface area contributed by atoms with E-state index in [1.54, 1.807) is 14.2 Å². The van der Waals surface area contributed by atoms with Crippen LogP contribution in [0, 0.1) is 0 Å². The average molecular weight is 216 g/mol. The molecule has 2 saturated heterocycles. The van der Waals surface area contributed by atoms with Crippen LogP contribution < -0.4 is 0 Å². The van der Waals surface area contributed by atoms with Gasteiger partial charge in [0.1, 0.15) is 19.6 Å². The van der Waals surface area contributed by atoms with Gasteiger partial charge in [-0.15, -0.1) is 11.8 Å². The summed E-state index contributed by atoms with van der Waals surface area (Å²) >= 11 is 1.96. The molecule has 2 aliphatic rings. The SMILES string of the molecule is B[C@@H]1O[C@]2(COC)C(OC)C1S[C@H]2C. The molecule has 0 aromatic carbocycles. The highest BCUT2D eigenvalue weighted by atomic mass is 32.2. The van der Waals surface area contributed by atoms with Crippen molar-refractivity contribution >= 4 is 19.6 Å². The maximum atomic E-state index is 6.03. The van der Waals surface area contributed by atoms with Crippen molar-refractivity contribution in [1.29, 1.82) is 0 Å². The van der Waals surface area contributed by atoms with Gasteiger partial charge >= 0.3 is 0 Å². The topological polar surface area (TPSA) is 27.7 Å². The van der Waals surface area contributed by atoms with Crippen molar-refractivity contribution in [3.05, 3.63) is 0 Å². The number of rotatable bonds is 3. The first-order chi connectivity index (χ1) is 6.65. The van der Waals surface area contributed by atoms with E-state index in [2.05, 4.69) is 14.8 Å². The summed E-state index contributed by atoms with van der Waals surface area (Å²) in [6.07, 6.45) is 0.178. The molecule has 2 aliphatic heterocycles. The van der Waals surface area contributed by atoms with Crippen LogP contribution >= 0.6 is 11.8 Å². The Labute approximate surface area is 90.3 Å². The van der Waals surface area contributed by atoms with Gasteiger partial charge in [0.15, 0.2) is 0 Å². The van der Waals surface area contributed by atoms with Gasteiger partial charge in [-0.1, -0.05) is 6.92 Å². The standard InChI is InChI=1S/C9H17BO3S/c1-5-9(4-11-2)7(12-3)6(14-5)8(10)13-9/h5-8H,4,10H2,1-3H3/t5-,6?,7?,8+,9-/m0/s1. The molecule has 0 saturated carbocycles. The maximum Gasteiger partial charge on any atom is 0.140 e. The van der Waals surface area contributed by atoms with Crippen LogP contribution in [-0.4, -0.2) is 56.9 Å². The van der Waals surface area contributed by atoms with E-state index < -0.39 is 0 Å². The number of thioether (sulfide) groups is 1. The molecular weight excluding hydrogens is 199 g/mol. The molecule has 0 spiro atoms. The summed E-state index contributed by atoms with van der Waals surface area (Å²) in [6.45, 7) is 2.82. The minimum atomic E-state index is -0.224. The molecule has 5 atom stereocenters. The molecule has 0 aromatic rings. The Morgan fingerprint density at radius 1 is 1.50 bits per heavy atom. The van der Waals surface area contributed by atoms with Gasteiger partial charge in [-0.3, -0.25) is 0 Å². The third-order valence-electron chi connectivity index (χ3n) is 3.32. The molecule has 2 unspecified atom stereocenters. The molecule has 2 bridgehead atoms. The minimum absolute atomic E-state index is 0.178. The lowest BCUT2D eigenvalue weighted by molar-refractivity contribution is -0.111. The first-order valence-electron chi connectivity index (χ1n) is 5.00. The van der Waals surface area contributed by atoms with Crippen molar-refractivity contribution in [2.24, 2.45) is 0 Å². The van der Waals surface area contributed by atoms with Crippen LogP contribution in [-0.2, 0) is 14.2 Å². The van der Waals surface area contributed by atoms with Gasteiger partial charge in [0.05, 0.1) is 11.9 Å².